The van der Waals surface area contributed by atoms with E-state index in [4.69, 9.17) is 0 Å². The normalized spacial score (nSPS) is 11.4. The molecule has 0 saturated heterocycles. The molecule has 0 amide bonds. The van der Waals surface area contributed by atoms with Crippen molar-refractivity contribution in [2.24, 2.45) is 0 Å². The van der Waals surface area contributed by atoms with Crippen molar-refractivity contribution < 1.29 is 10.2 Å². The summed E-state index contributed by atoms with van der Waals surface area (Å²) in [6, 6.07) is 12.0. The first-order chi connectivity index (χ1) is 11.8. The molecule has 2 aromatic carbocycles. The van der Waals surface area contributed by atoms with E-state index in [-0.39, 0.29) is 29.5 Å². The Hall–Kier alpha value is -2.36. The van der Waals surface area contributed by atoms with E-state index in [1.54, 1.807) is 12.1 Å². The van der Waals surface area contributed by atoms with Crippen LogP contribution in [0.3, 0.4) is 0 Å². The molecule has 0 bridgehead atoms. The van der Waals surface area contributed by atoms with Crippen molar-refractivity contribution in [2.75, 3.05) is 10.6 Å². The van der Waals surface area contributed by atoms with Crippen molar-refractivity contribution in [3.05, 3.63) is 47.5 Å². The van der Waals surface area contributed by atoms with E-state index in [9.17, 15) is 10.2 Å². The summed E-state index contributed by atoms with van der Waals surface area (Å²) in [5.41, 5.74) is 3.80. The summed E-state index contributed by atoms with van der Waals surface area (Å²) in [6.07, 6.45) is 0.928. The van der Waals surface area contributed by atoms with Gasteiger partial charge in [0.2, 0.25) is 0 Å². The number of nitrogens with one attached hydrogen (secondary N) is 2. The molecule has 0 atom stereocenters. The number of phenolic OH excluding ortho intramolecular Hbond substituents is 2. The summed E-state index contributed by atoms with van der Waals surface area (Å²) >= 11 is 0. The molecule has 0 fully saturated rings. The quantitative estimate of drug-likeness (QED) is 0.517. The Morgan fingerprint density at radius 1 is 0.760 bits per heavy atom. The van der Waals surface area contributed by atoms with Gasteiger partial charge in [0.15, 0.2) is 0 Å². The number of anilines is 2. The van der Waals surface area contributed by atoms with E-state index < -0.39 is 0 Å². The molecule has 2 aromatic rings. The number of rotatable bonds is 7. The number of hydrogen-bond acceptors (Lipinski definition) is 4. The van der Waals surface area contributed by atoms with Crippen LogP contribution < -0.4 is 10.6 Å². The molecule has 0 aliphatic carbocycles. The highest BCUT2D eigenvalue weighted by atomic mass is 16.3. The van der Waals surface area contributed by atoms with Crippen molar-refractivity contribution in [1.29, 1.82) is 0 Å². The second-order valence-corrected chi connectivity index (χ2v) is 7.11. The Morgan fingerprint density at radius 2 is 1.16 bits per heavy atom. The summed E-state index contributed by atoms with van der Waals surface area (Å²) in [6.45, 7) is 10.3. The van der Waals surface area contributed by atoms with E-state index in [0.29, 0.717) is 0 Å². The molecule has 0 radical (unpaired) electrons. The van der Waals surface area contributed by atoms with Gasteiger partial charge in [-0.05, 0) is 69.5 Å². The maximum Gasteiger partial charge on any atom is 0.138 e. The van der Waals surface area contributed by atoms with Crippen LogP contribution in [0.2, 0.25) is 0 Å². The lowest BCUT2D eigenvalue weighted by Gasteiger charge is -2.21. The van der Waals surface area contributed by atoms with Gasteiger partial charge in [-0.25, -0.2) is 0 Å². The first-order valence-corrected chi connectivity index (χ1v) is 9.00. The van der Waals surface area contributed by atoms with E-state index in [1.807, 2.05) is 52.0 Å². The Labute approximate surface area is 150 Å². The standard InChI is InChI=1S/C21H30N2O2/c1-6-17(15-7-9-20(24)18(11-15)22-13(2)3)16-8-10-21(25)19(12-16)23-14(4)5/h7-14,17,22-25H,6H2,1-5H3. The van der Waals surface area contributed by atoms with Crippen molar-refractivity contribution in [1.82, 2.24) is 0 Å². The Kier molecular flexibility index (Phi) is 6.18. The average molecular weight is 342 g/mol. The third-order valence-electron chi connectivity index (χ3n) is 4.14. The molecular formula is C21H30N2O2. The summed E-state index contributed by atoms with van der Waals surface area (Å²) in [7, 11) is 0. The summed E-state index contributed by atoms with van der Waals surface area (Å²) in [5, 5.41) is 26.7. The molecule has 4 heteroatoms. The van der Waals surface area contributed by atoms with Gasteiger partial charge in [0.05, 0.1) is 11.4 Å². The van der Waals surface area contributed by atoms with Crippen molar-refractivity contribution in [3.8, 4) is 11.5 Å². The molecule has 0 spiro atoms. The monoisotopic (exact) mass is 342 g/mol. The third kappa shape index (κ3) is 4.81. The lowest BCUT2D eigenvalue weighted by Crippen LogP contribution is -2.11. The highest BCUT2D eigenvalue weighted by Crippen LogP contribution is 2.36. The van der Waals surface area contributed by atoms with Crippen LogP contribution in [0.5, 0.6) is 11.5 Å². The number of aromatic hydroxyl groups is 2. The predicted molar refractivity (Wildman–Crippen MR) is 106 cm³/mol. The van der Waals surface area contributed by atoms with E-state index >= 15 is 0 Å². The zero-order chi connectivity index (χ0) is 18.6. The average Bonchev–Trinajstić information content (AvgIpc) is 2.53. The lowest BCUT2D eigenvalue weighted by molar-refractivity contribution is 0.476. The summed E-state index contributed by atoms with van der Waals surface area (Å²) < 4.78 is 0. The van der Waals surface area contributed by atoms with Gasteiger partial charge >= 0.3 is 0 Å². The van der Waals surface area contributed by atoms with E-state index in [2.05, 4.69) is 17.6 Å². The molecule has 0 aliphatic rings. The molecule has 2 rings (SSSR count). The molecule has 4 N–H and O–H groups in total. The van der Waals surface area contributed by atoms with Crippen LogP contribution >= 0.6 is 0 Å². The fourth-order valence-corrected chi connectivity index (χ4v) is 3.06. The van der Waals surface area contributed by atoms with Gasteiger partial charge in [-0.1, -0.05) is 19.1 Å². The van der Waals surface area contributed by atoms with E-state index in [1.165, 1.54) is 0 Å². The van der Waals surface area contributed by atoms with Crippen LogP contribution in [0.4, 0.5) is 11.4 Å². The zero-order valence-corrected chi connectivity index (χ0v) is 15.8. The fraction of sp³-hybridized carbons (Fsp3) is 0.429. The second kappa shape index (κ2) is 8.15. The van der Waals surface area contributed by atoms with E-state index in [0.717, 1.165) is 28.9 Å². The largest absolute Gasteiger partial charge is 0.506 e. The van der Waals surface area contributed by atoms with Gasteiger partial charge in [-0.2, -0.15) is 0 Å². The van der Waals surface area contributed by atoms with Gasteiger partial charge in [0.25, 0.3) is 0 Å². The molecule has 4 nitrogen and oxygen atoms in total. The molecule has 0 aromatic heterocycles. The van der Waals surface area contributed by atoms with Crippen LogP contribution in [0, 0.1) is 0 Å². The first-order valence-electron chi connectivity index (χ1n) is 9.00. The molecular weight excluding hydrogens is 312 g/mol. The van der Waals surface area contributed by atoms with Gasteiger partial charge < -0.3 is 20.8 Å². The topological polar surface area (TPSA) is 64.5 Å². The van der Waals surface area contributed by atoms with Crippen molar-refractivity contribution in [3.63, 3.8) is 0 Å². The zero-order valence-electron chi connectivity index (χ0n) is 15.8. The third-order valence-corrected chi connectivity index (χ3v) is 4.14. The van der Waals surface area contributed by atoms with Gasteiger partial charge in [-0.3, -0.25) is 0 Å². The van der Waals surface area contributed by atoms with Crippen LogP contribution in [0.15, 0.2) is 36.4 Å². The number of hydrogen-bond donors (Lipinski definition) is 4. The predicted octanol–water partition coefficient (Wildman–Crippen LogP) is 5.28. The number of benzene rings is 2. The maximum absolute atomic E-state index is 10.1. The van der Waals surface area contributed by atoms with Crippen LogP contribution in [-0.4, -0.2) is 22.3 Å². The lowest BCUT2D eigenvalue weighted by atomic mass is 9.88. The van der Waals surface area contributed by atoms with Crippen molar-refractivity contribution >= 4 is 11.4 Å². The molecule has 136 valence electrons. The molecule has 0 aliphatic heterocycles. The fourth-order valence-electron chi connectivity index (χ4n) is 3.06. The minimum atomic E-state index is 0.196. The highest BCUT2D eigenvalue weighted by molar-refractivity contribution is 5.61. The van der Waals surface area contributed by atoms with Crippen molar-refractivity contribution in [2.45, 2.75) is 59.0 Å². The summed E-state index contributed by atoms with van der Waals surface area (Å²) in [4.78, 5) is 0. The van der Waals surface area contributed by atoms with Crippen LogP contribution in [0.25, 0.3) is 0 Å². The van der Waals surface area contributed by atoms with Crippen LogP contribution in [-0.2, 0) is 0 Å². The molecule has 0 saturated carbocycles. The minimum absolute atomic E-state index is 0.196. The van der Waals surface area contributed by atoms with Gasteiger partial charge in [0.1, 0.15) is 11.5 Å². The minimum Gasteiger partial charge on any atom is -0.506 e. The molecule has 25 heavy (non-hydrogen) atoms. The smallest absolute Gasteiger partial charge is 0.138 e. The van der Waals surface area contributed by atoms with Gasteiger partial charge in [0, 0.05) is 18.0 Å². The summed E-state index contributed by atoms with van der Waals surface area (Å²) in [5.74, 6) is 0.724. The molecule has 0 unspecified atom stereocenters. The Bertz CT molecular complexity index is 652. The SMILES string of the molecule is CCC(c1ccc(O)c(NC(C)C)c1)c1ccc(O)c(NC(C)C)c1. The Morgan fingerprint density at radius 3 is 1.48 bits per heavy atom. The number of phenols is 2. The maximum atomic E-state index is 10.1. The molecule has 0 heterocycles. The Balaban J connectivity index is 2.39. The highest BCUT2D eigenvalue weighted by Gasteiger charge is 2.16. The van der Waals surface area contributed by atoms with Crippen LogP contribution in [0.1, 0.15) is 58.1 Å². The first kappa shape index (κ1) is 19.0. The second-order valence-electron chi connectivity index (χ2n) is 7.11. The van der Waals surface area contributed by atoms with Gasteiger partial charge in [-0.15, -0.1) is 0 Å².